The van der Waals surface area contributed by atoms with Crippen LogP contribution in [-0.2, 0) is 4.74 Å². The van der Waals surface area contributed by atoms with Crippen molar-refractivity contribution < 1.29 is 9.53 Å². The lowest BCUT2D eigenvalue weighted by Crippen LogP contribution is -2.28. The molecule has 0 spiro atoms. The van der Waals surface area contributed by atoms with Crippen LogP contribution in [-0.4, -0.2) is 32.6 Å². The maximum atomic E-state index is 12.6. The van der Waals surface area contributed by atoms with E-state index in [1.54, 1.807) is 31.2 Å². The molecule has 2 heterocycles. The molecular formula is C16H13ClN4O3. The number of carbonyl (C=O) groups excluding carboxylic acids is 1. The third-order valence-corrected chi connectivity index (χ3v) is 3.53. The number of halogens is 1. The molecule has 24 heavy (non-hydrogen) atoms. The van der Waals surface area contributed by atoms with E-state index in [-0.39, 0.29) is 12.2 Å². The topological polar surface area (TPSA) is 89.9 Å². The maximum Gasteiger partial charge on any atom is 0.343 e. The zero-order chi connectivity index (χ0) is 17.1. The highest BCUT2D eigenvalue weighted by atomic mass is 35.5. The van der Waals surface area contributed by atoms with Crippen LogP contribution in [0.5, 0.6) is 0 Å². The van der Waals surface area contributed by atoms with Crippen LogP contribution in [0.1, 0.15) is 17.3 Å². The van der Waals surface area contributed by atoms with Gasteiger partial charge in [-0.25, -0.2) is 4.79 Å². The Balaban J connectivity index is 2.21. The van der Waals surface area contributed by atoms with Crippen LogP contribution in [0, 0.1) is 0 Å². The molecular weight excluding hydrogens is 332 g/mol. The number of aromatic nitrogens is 4. The molecule has 0 saturated heterocycles. The molecule has 122 valence electrons. The van der Waals surface area contributed by atoms with Gasteiger partial charge in [-0.15, -0.1) is 0 Å². The molecule has 0 saturated carbocycles. The monoisotopic (exact) mass is 344 g/mol. The van der Waals surface area contributed by atoms with Crippen LogP contribution < -0.4 is 5.56 Å². The number of rotatable bonds is 4. The van der Waals surface area contributed by atoms with Gasteiger partial charge in [0, 0.05) is 16.8 Å². The number of carbonyl (C=O) groups is 1. The average Bonchev–Trinajstić information content (AvgIpc) is 3.10. The van der Waals surface area contributed by atoms with Crippen LogP contribution >= 0.6 is 11.6 Å². The molecule has 1 aromatic carbocycles. The molecule has 0 aliphatic heterocycles. The Hall–Kier alpha value is -2.93. The molecule has 0 radical (unpaired) electrons. The average molecular weight is 345 g/mol. The maximum absolute atomic E-state index is 12.6. The summed E-state index contributed by atoms with van der Waals surface area (Å²) in [5, 5.41) is 11.3. The number of benzene rings is 1. The summed E-state index contributed by atoms with van der Waals surface area (Å²) in [7, 11) is 0. The first-order valence-corrected chi connectivity index (χ1v) is 7.54. The minimum atomic E-state index is -0.697. The smallest absolute Gasteiger partial charge is 0.343 e. The van der Waals surface area contributed by atoms with E-state index in [2.05, 4.69) is 15.3 Å². The normalized spacial score (nSPS) is 10.6. The van der Waals surface area contributed by atoms with Crippen molar-refractivity contribution in [3.8, 4) is 16.9 Å². The van der Waals surface area contributed by atoms with Crippen molar-refractivity contribution in [2.75, 3.05) is 6.61 Å². The zero-order valence-corrected chi connectivity index (χ0v) is 13.4. The predicted octanol–water partition coefficient (Wildman–Crippen LogP) is 2.45. The Morgan fingerprint density at radius 3 is 2.71 bits per heavy atom. The highest BCUT2D eigenvalue weighted by molar-refractivity contribution is 6.30. The Labute approximate surface area is 141 Å². The lowest BCUT2D eigenvalue weighted by atomic mass is 10.1. The van der Waals surface area contributed by atoms with E-state index >= 15 is 0 Å². The van der Waals surface area contributed by atoms with Crippen LogP contribution in [0.4, 0.5) is 0 Å². The van der Waals surface area contributed by atoms with Crippen LogP contribution in [0.3, 0.4) is 0 Å². The van der Waals surface area contributed by atoms with Crippen molar-refractivity contribution in [2.45, 2.75) is 6.92 Å². The first-order chi connectivity index (χ1) is 11.6. The predicted molar refractivity (Wildman–Crippen MR) is 88.4 cm³/mol. The summed E-state index contributed by atoms with van der Waals surface area (Å²) in [6, 6.07) is 8.33. The van der Waals surface area contributed by atoms with Crippen molar-refractivity contribution in [1.82, 2.24) is 20.0 Å². The van der Waals surface area contributed by atoms with Gasteiger partial charge < -0.3 is 4.74 Å². The summed E-state index contributed by atoms with van der Waals surface area (Å²) in [6.45, 7) is 1.84. The minimum absolute atomic E-state index is 0.0991. The number of aromatic amines is 1. The van der Waals surface area contributed by atoms with Crippen LogP contribution in [0.2, 0.25) is 5.02 Å². The number of ether oxygens (including phenoxy) is 1. The molecule has 3 aromatic rings. The molecule has 0 amide bonds. The number of hydrogen-bond donors (Lipinski definition) is 1. The molecule has 8 heteroatoms. The van der Waals surface area contributed by atoms with Gasteiger partial charge in [-0.05, 0) is 25.1 Å². The van der Waals surface area contributed by atoms with Crippen LogP contribution in [0.25, 0.3) is 16.9 Å². The molecule has 0 bridgehead atoms. The first-order valence-electron chi connectivity index (χ1n) is 7.16. The second kappa shape index (κ2) is 6.67. The lowest BCUT2D eigenvalue weighted by Gasteiger charge is -2.09. The largest absolute Gasteiger partial charge is 0.462 e. The standard InChI is InChI=1S/C16H13ClN4O3/c1-2-24-16(23)13-7-14(10-3-5-11(17)6-4-10)20-21(15(13)22)12-8-18-19-9-12/h3-9H,2H2,1H3,(H,18,19). The van der Waals surface area contributed by atoms with E-state index < -0.39 is 11.5 Å². The Morgan fingerprint density at radius 2 is 2.08 bits per heavy atom. The van der Waals surface area contributed by atoms with E-state index in [0.717, 1.165) is 4.68 Å². The van der Waals surface area contributed by atoms with Gasteiger partial charge >= 0.3 is 5.97 Å². The van der Waals surface area contributed by atoms with Gasteiger partial charge in [0.2, 0.25) is 0 Å². The van der Waals surface area contributed by atoms with E-state index in [1.807, 2.05) is 0 Å². The van der Waals surface area contributed by atoms with E-state index in [9.17, 15) is 9.59 Å². The zero-order valence-electron chi connectivity index (χ0n) is 12.7. The SMILES string of the molecule is CCOC(=O)c1cc(-c2ccc(Cl)cc2)nn(-c2cn[nH]c2)c1=O. The van der Waals surface area contributed by atoms with E-state index in [0.29, 0.717) is 22.0 Å². The molecule has 0 aliphatic rings. The van der Waals surface area contributed by atoms with Gasteiger partial charge in [0.15, 0.2) is 0 Å². The van der Waals surface area contributed by atoms with Crippen molar-refractivity contribution in [3.05, 3.63) is 63.7 Å². The van der Waals surface area contributed by atoms with Crippen LogP contribution in [0.15, 0.2) is 47.5 Å². The fraction of sp³-hybridized carbons (Fsp3) is 0.125. The summed E-state index contributed by atoms with van der Waals surface area (Å²) in [5.41, 5.74) is 0.893. The molecule has 0 aliphatic carbocycles. The summed E-state index contributed by atoms with van der Waals surface area (Å²) in [4.78, 5) is 24.7. The van der Waals surface area contributed by atoms with Gasteiger partial charge in [0.05, 0.1) is 18.5 Å². The fourth-order valence-electron chi connectivity index (χ4n) is 2.15. The summed E-state index contributed by atoms with van der Waals surface area (Å²) < 4.78 is 6.08. The van der Waals surface area contributed by atoms with Gasteiger partial charge in [0.1, 0.15) is 11.3 Å². The molecule has 1 N–H and O–H groups in total. The summed E-state index contributed by atoms with van der Waals surface area (Å²) in [5.74, 6) is -0.697. The third kappa shape index (κ3) is 3.07. The van der Waals surface area contributed by atoms with Crippen molar-refractivity contribution in [1.29, 1.82) is 0 Å². The molecule has 0 atom stereocenters. The summed E-state index contributed by atoms with van der Waals surface area (Å²) in [6.07, 6.45) is 2.95. The molecule has 3 rings (SSSR count). The van der Waals surface area contributed by atoms with E-state index in [4.69, 9.17) is 16.3 Å². The van der Waals surface area contributed by atoms with Gasteiger partial charge in [-0.2, -0.15) is 14.9 Å². The lowest BCUT2D eigenvalue weighted by molar-refractivity contribution is 0.0523. The number of nitrogens with zero attached hydrogens (tertiary/aromatic N) is 3. The quantitative estimate of drug-likeness (QED) is 0.734. The number of nitrogens with one attached hydrogen (secondary N) is 1. The molecule has 7 nitrogen and oxygen atoms in total. The number of esters is 1. The molecule has 2 aromatic heterocycles. The Bertz CT molecular complexity index is 917. The summed E-state index contributed by atoms with van der Waals surface area (Å²) >= 11 is 5.90. The van der Waals surface area contributed by atoms with Crippen molar-refractivity contribution in [2.24, 2.45) is 0 Å². The minimum Gasteiger partial charge on any atom is -0.462 e. The second-order valence-corrected chi connectivity index (χ2v) is 5.28. The van der Waals surface area contributed by atoms with Gasteiger partial charge in [0.25, 0.3) is 5.56 Å². The first kappa shape index (κ1) is 15.9. The highest BCUT2D eigenvalue weighted by Gasteiger charge is 2.18. The van der Waals surface area contributed by atoms with E-state index in [1.165, 1.54) is 18.5 Å². The molecule has 0 fully saturated rings. The third-order valence-electron chi connectivity index (χ3n) is 3.28. The van der Waals surface area contributed by atoms with Gasteiger partial charge in [-0.3, -0.25) is 9.89 Å². The number of H-pyrrole nitrogens is 1. The van der Waals surface area contributed by atoms with Gasteiger partial charge in [-0.1, -0.05) is 23.7 Å². The second-order valence-electron chi connectivity index (χ2n) is 4.84. The fourth-order valence-corrected chi connectivity index (χ4v) is 2.27. The highest BCUT2D eigenvalue weighted by Crippen LogP contribution is 2.20. The Kier molecular flexibility index (Phi) is 4.43. The number of hydrogen-bond acceptors (Lipinski definition) is 5. The Morgan fingerprint density at radius 1 is 1.33 bits per heavy atom. The van der Waals surface area contributed by atoms with Crippen molar-refractivity contribution >= 4 is 17.6 Å². The molecule has 0 unspecified atom stereocenters. The van der Waals surface area contributed by atoms with Crippen molar-refractivity contribution in [3.63, 3.8) is 0 Å².